The van der Waals surface area contributed by atoms with Crippen LogP contribution in [0.2, 0.25) is 0 Å². The molecule has 7 nitrogen and oxygen atoms in total. The predicted octanol–water partition coefficient (Wildman–Crippen LogP) is 3.66. The van der Waals surface area contributed by atoms with Crippen LogP contribution in [0.1, 0.15) is 16.3 Å². The van der Waals surface area contributed by atoms with E-state index in [4.69, 9.17) is 0 Å². The molecule has 0 saturated heterocycles. The lowest BCUT2D eigenvalue weighted by Gasteiger charge is -2.01. The minimum Gasteiger partial charge on any atom is -0.330 e. The lowest BCUT2D eigenvalue weighted by Crippen LogP contribution is -2.15. The molecule has 0 unspecified atom stereocenters. The summed E-state index contributed by atoms with van der Waals surface area (Å²) in [6, 6.07) is 9.61. The Balaban J connectivity index is 1.45. The van der Waals surface area contributed by atoms with Crippen LogP contribution in [0.3, 0.4) is 0 Å². The van der Waals surface area contributed by atoms with Gasteiger partial charge in [-0.2, -0.15) is 9.61 Å². The standard InChI is InChI=1S/C16H14N6OS3/c1-9-4-3-5-11(6-9)17-14-19-20-16(26-14)24-8-12-7-13(23)22-15(18-12)25-10(2)21-22/h3-7H,8H2,1-2H3,(H,17,19). The number of fused-ring (bicyclic) bond motifs is 1. The number of hydrogen-bond donors (Lipinski definition) is 1. The average molecular weight is 403 g/mol. The van der Waals surface area contributed by atoms with Crippen LogP contribution < -0.4 is 10.9 Å². The number of nitrogens with one attached hydrogen (secondary N) is 1. The van der Waals surface area contributed by atoms with Crippen LogP contribution in [-0.2, 0) is 5.75 Å². The van der Waals surface area contributed by atoms with Gasteiger partial charge in [-0.25, -0.2) is 4.98 Å². The minimum atomic E-state index is -0.158. The first-order chi connectivity index (χ1) is 12.6. The molecule has 0 atom stereocenters. The van der Waals surface area contributed by atoms with E-state index >= 15 is 0 Å². The number of thioether (sulfide) groups is 1. The molecule has 3 heterocycles. The number of nitrogens with zero attached hydrogens (tertiary/aromatic N) is 5. The Labute approximate surface area is 161 Å². The Hall–Kier alpha value is -2.30. The van der Waals surface area contributed by atoms with Crippen LogP contribution in [0, 0.1) is 13.8 Å². The molecular formula is C16H14N6OS3. The van der Waals surface area contributed by atoms with Crippen molar-refractivity contribution in [3.63, 3.8) is 0 Å². The molecule has 0 bridgehead atoms. The third-order valence-corrected chi connectivity index (χ3v) is 6.25. The van der Waals surface area contributed by atoms with E-state index in [-0.39, 0.29) is 5.56 Å². The summed E-state index contributed by atoms with van der Waals surface area (Å²) in [5.41, 5.74) is 2.72. The van der Waals surface area contributed by atoms with Crippen molar-refractivity contribution in [3.8, 4) is 0 Å². The molecule has 1 N–H and O–H groups in total. The molecule has 0 saturated carbocycles. The van der Waals surface area contributed by atoms with E-state index in [9.17, 15) is 4.79 Å². The van der Waals surface area contributed by atoms with Gasteiger partial charge in [0.15, 0.2) is 4.34 Å². The highest BCUT2D eigenvalue weighted by Crippen LogP contribution is 2.29. The Morgan fingerprint density at radius 2 is 2.08 bits per heavy atom. The van der Waals surface area contributed by atoms with E-state index in [2.05, 4.69) is 31.7 Å². The number of benzene rings is 1. The summed E-state index contributed by atoms with van der Waals surface area (Å²) >= 11 is 4.39. The summed E-state index contributed by atoms with van der Waals surface area (Å²) < 4.78 is 2.16. The Kier molecular flexibility index (Phi) is 4.70. The smallest absolute Gasteiger partial charge is 0.275 e. The highest BCUT2D eigenvalue weighted by Gasteiger charge is 2.10. The Morgan fingerprint density at radius 1 is 1.19 bits per heavy atom. The van der Waals surface area contributed by atoms with Crippen LogP contribution in [0.15, 0.2) is 39.5 Å². The van der Waals surface area contributed by atoms with E-state index in [1.54, 1.807) is 0 Å². The van der Waals surface area contributed by atoms with Gasteiger partial charge in [-0.1, -0.05) is 46.6 Å². The van der Waals surface area contributed by atoms with Crippen molar-refractivity contribution in [1.82, 2.24) is 24.8 Å². The van der Waals surface area contributed by atoms with Crippen LogP contribution in [0.4, 0.5) is 10.8 Å². The molecular weight excluding hydrogens is 388 g/mol. The number of hydrogen-bond acceptors (Lipinski definition) is 9. The maximum absolute atomic E-state index is 12.1. The van der Waals surface area contributed by atoms with Gasteiger partial charge in [-0.15, -0.1) is 10.2 Å². The molecule has 0 fully saturated rings. The minimum absolute atomic E-state index is 0.158. The first-order valence-electron chi connectivity index (χ1n) is 7.73. The zero-order chi connectivity index (χ0) is 18.1. The normalized spacial score (nSPS) is 11.2. The highest BCUT2D eigenvalue weighted by atomic mass is 32.2. The first-order valence-corrected chi connectivity index (χ1v) is 10.3. The van der Waals surface area contributed by atoms with Crippen molar-refractivity contribution in [1.29, 1.82) is 0 Å². The molecule has 0 aliphatic carbocycles. The van der Waals surface area contributed by atoms with Crippen LogP contribution in [0.5, 0.6) is 0 Å². The zero-order valence-corrected chi connectivity index (χ0v) is 16.4. The summed E-state index contributed by atoms with van der Waals surface area (Å²) in [5.74, 6) is 0.557. The van der Waals surface area contributed by atoms with Crippen molar-refractivity contribution in [2.75, 3.05) is 5.32 Å². The van der Waals surface area contributed by atoms with Gasteiger partial charge in [0.2, 0.25) is 10.1 Å². The number of anilines is 2. The lowest BCUT2D eigenvalue weighted by atomic mass is 10.2. The highest BCUT2D eigenvalue weighted by molar-refractivity contribution is 8.00. The molecule has 132 valence electrons. The molecule has 0 aliphatic heterocycles. The van der Waals surface area contributed by atoms with E-state index < -0.39 is 0 Å². The molecule has 0 spiro atoms. The van der Waals surface area contributed by atoms with Gasteiger partial charge < -0.3 is 5.32 Å². The molecule has 3 aromatic heterocycles. The summed E-state index contributed by atoms with van der Waals surface area (Å²) in [6.45, 7) is 3.90. The summed E-state index contributed by atoms with van der Waals surface area (Å²) in [6.07, 6.45) is 0. The fourth-order valence-corrected chi connectivity index (χ4v) is 4.76. The van der Waals surface area contributed by atoms with E-state index in [0.717, 1.165) is 20.2 Å². The fourth-order valence-electron chi connectivity index (χ4n) is 2.33. The van der Waals surface area contributed by atoms with E-state index in [0.29, 0.717) is 16.4 Å². The third kappa shape index (κ3) is 3.76. The second kappa shape index (κ2) is 7.14. The maximum Gasteiger partial charge on any atom is 0.275 e. The molecule has 0 aliphatic rings. The number of rotatable bonds is 5. The average Bonchev–Trinajstić information content (AvgIpc) is 3.19. The van der Waals surface area contributed by atoms with E-state index in [1.807, 2.05) is 32.0 Å². The molecule has 4 aromatic rings. The molecule has 0 amide bonds. The van der Waals surface area contributed by atoms with Gasteiger partial charge in [-0.3, -0.25) is 4.79 Å². The van der Waals surface area contributed by atoms with Crippen molar-refractivity contribution in [2.24, 2.45) is 0 Å². The molecule has 26 heavy (non-hydrogen) atoms. The maximum atomic E-state index is 12.1. The predicted molar refractivity (Wildman–Crippen MR) is 106 cm³/mol. The van der Waals surface area contributed by atoms with Crippen LogP contribution >= 0.6 is 34.4 Å². The third-order valence-electron chi connectivity index (χ3n) is 3.42. The zero-order valence-electron chi connectivity index (χ0n) is 14.0. The Bertz CT molecular complexity index is 1130. The van der Waals surface area contributed by atoms with Crippen LogP contribution in [0.25, 0.3) is 4.96 Å². The molecule has 10 heteroatoms. The lowest BCUT2D eigenvalue weighted by molar-refractivity contribution is 0.871. The molecule has 4 rings (SSSR count). The van der Waals surface area contributed by atoms with E-state index in [1.165, 1.54) is 50.6 Å². The SMILES string of the molecule is Cc1cccc(Nc2nnc(SCc3cc(=O)n4nc(C)sc4n3)s2)c1. The largest absolute Gasteiger partial charge is 0.330 e. The van der Waals surface area contributed by atoms with Crippen molar-refractivity contribution < 1.29 is 0 Å². The Morgan fingerprint density at radius 3 is 2.92 bits per heavy atom. The molecule has 1 aromatic carbocycles. The monoisotopic (exact) mass is 402 g/mol. The fraction of sp³-hybridized carbons (Fsp3) is 0.188. The van der Waals surface area contributed by atoms with Gasteiger partial charge in [0.25, 0.3) is 5.56 Å². The van der Waals surface area contributed by atoms with Gasteiger partial charge in [0.05, 0.1) is 5.69 Å². The first kappa shape index (κ1) is 17.1. The second-order valence-electron chi connectivity index (χ2n) is 5.56. The summed E-state index contributed by atoms with van der Waals surface area (Å²) in [4.78, 5) is 17.2. The van der Waals surface area contributed by atoms with Gasteiger partial charge in [0.1, 0.15) is 5.01 Å². The van der Waals surface area contributed by atoms with Gasteiger partial charge in [-0.05, 0) is 31.5 Å². The molecule has 0 radical (unpaired) electrons. The number of aromatic nitrogens is 5. The van der Waals surface area contributed by atoms with Gasteiger partial charge >= 0.3 is 0 Å². The second-order valence-corrected chi connectivity index (χ2v) is 8.92. The summed E-state index contributed by atoms with van der Waals surface area (Å²) in [5, 5.41) is 17.3. The quantitative estimate of drug-likeness (QED) is 0.510. The van der Waals surface area contributed by atoms with Crippen LogP contribution in [-0.4, -0.2) is 24.8 Å². The topological polar surface area (TPSA) is 85.1 Å². The van der Waals surface area contributed by atoms with Crippen molar-refractivity contribution in [3.05, 3.63) is 57.0 Å². The summed E-state index contributed by atoms with van der Waals surface area (Å²) in [7, 11) is 0. The van der Waals surface area contributed by atoms with Gasteiger partial charge in [0, 0.05) is 17.5 Å². The number of aryl methyl sites for hydroxylation is 2. The van der Waals surface area contributed by atoms with Crippen molar-refractivity contribution >= 4 is 50.2 Å². The van der Waals surface area contributed by atoms with Crippen molar-refractivity contribution in [2.45, 2.75) is 23.9 Å².